The highest BCUT2D eigenvalue weighted by Crippen LogP contribution is 2.28. The fourth-order valence-electron chi connectivity index (χ4n) is 1.53. The third kappa shape index (κ3) is 3.56. The van der Waals surface area contributed by atoms with Gasteiger partial charge >= 0.3 is 0 Å². The molecule has 1 aromatic heterocycles. The molecule has 2 nitrogen and oxygen atoms in total. The van der Waals surface area contributed by atoms with E-state index in [1.54, 1.807) is 11.8 Å². The van der Waals surface area contributed by atoms with Crippen molar-refractivity contribution < 1.29 is 0 Å². The van der Waals surface area contributed by atoms with Crippen LogP contribution in [0, 0.1) is 6.92 Å². The van der Waals surface area contributed by atoms with E-state index in [4.69, 9.17) is 5.73 Å². The number of aromatic nitrogens is 1. The van der Waals surface area contributed by atoms with E-state index in [2.05, 4.69) is 33.0 Å². The minimum atomic E-state index is 0.551. The molecule has 2 aromatic rings. The molecule has 0 aliphatic carbocycles. The first-order valence-electron chi connectivity index (χ1n) is 5.28. The van der Waals surface area contributed by atoms with Crippen molar-refractivity contribution in [3.8, 4) is 0 Å². The summed E-state index contributed by atoms with van der Waals surface area (Å²) in [5.74, 6) is 0. The van der Waals surface area contributed by atoms with E-state index in [0.717, 1.165) is 20.8 Å². The Labute approximate surface area is 114 Å². The van der Waals surface area contributed by atoms with Gasteiger partial charge in [-0.1, -0.05) is 33.8 Å². The van der Waals surface area contributed by atoms with Gasteiger partial charge in [-0.2, -0.15) is 0 Å². The molecule has 0 fully saturated rings. The van der Waals surface area contributed by atoms with E-state index in [9.17, 15) is 0 Å². The van der Waals surface area contributed by atoms with Crippen LogP contribution >= 0.6 is 27.7 Å². The van der Waals surface area contributed by atoms with Crippen LogP contribution in [0.1, 0.15) is 11.3 Å². The van der Waals surface area contributed by atoms with Crippen LogP contribution in [0.2, 0.25) is 0 Å². The monoisotopic (exact) mass is 308 g/mol. The minimum Gasteiger partial charge on any atom is -0.326 e. The molecule has 0 spiro atoms. The zero-order chi connectivity index (χ0) is 12.3. The molecule has 1 heterocycles. The molecular formula is C13H13BrN2S. The van der Waals surface area contributed by atoms with Crippen molar-refractivity contribution in [1.29, 1.82) is 0 Å². The van der Waals surface area contributed by atoms with Crippen molar-refractivity contribution in [2.75, 3.05) is 0 Å². The van der Waals surface area contributed by atoms with Crippen LogP contribution in [0.5, 0.6) is 0 Å². The number of aryl methyl sites for hydroxylation is 1. The lowest BCUT2D eigenvalue weighted by Crippen LogP contribution is -1.98. The highest BCUT2D eigenvalue weighted by atomic mass is 79.9. The predicted octanol–water partition coefficient (Wildman–Crippen LogP) is 3.76. The number of benzene rings is 1. The molecule has 2 N–H and O–H groups in total. The molecule has 2 rings (SSSR count). The van der Waals surface area contributed by atoms with Crippen molar-refractivity contribution in [3.63, 3.8) is 0 Å². The Morgan fingerprint density at radius 1 is 1.29 bits per heavy atom. The van der Waals surface area contributed by atoms with Gasteiger partial charge in [0.25, 0.3) is 0 Å². The van der Waals surface area contributed by atoms with E-state index < -0.39 is 0 Å². The molecule has 0 unspecified atom stereocenters. The summed E-state index contributed by atoms with van der Waals surface area (Å²) in [7, 11) is 0. The first kappa shape index (κ1) is 12.6. The Kier molecular flexibility index (Phi) is 4.20. The van der Waals surface area contributed by atoms with Gasteiger partial charge < -0.3 is 5.73 Å². The highest BCUT2D eigenvalue weighted by molar-refractivity contribution is 9.10. The summed E-state index contributed by atoms with van der Waals surface area (Å²) in [5, 5.41) is 0.989. The molecule has 0 aliphatic rings. The third-order valence-electron chi connectivity index (χ3n) is 2.24. The second kappa shape index (κ2) is 5.67. The summed E-state index contributed by atoms with van der Waals surface area (Å²) in [6.07, 6.45) is 0. The lowest BCUT2D eigenvalue weighted by atomic mass is 10.2. The average Bonchev–Trinajstić information content (AvgIpc) is 2.28. The van der Waals surface area contributed by atoms with Gasteiger partial charge in [0.1, 0.15) is 5.03 Å². The topological polar surface area (TPSA) is 38.9 Å². The largest absolute Gasteiger partial charge is 0.326 e. The normalized spacial score (nSPS) is 10.5. The number of rotatable bonds is 3. The van der Waals surface area contributed by atoms with E-state index in [-0.39, 0.29) is 0 Å². The molecule has 0 saturated heterocycles. The lowest BCUT2D eigenvalue weighted by Gasteiger charge is -2.05. The Hall–Kier alpha value is -0.840. The van der Waals surface area contributed by atoms with Gasteiger partial charge in [-0.3, -0.25) is 0 Å². The Morgan fingerprint density at radius 3 is 2.82 bits per heavy atom. The molecule has 0 atom stereocenters. The highest BCUT2D eigenvalue weighted by Gasteiger charge is 2.02. The van der Waals surface area contributed by atoms with E-state index >= 15 is 0 Å². The second-order valence-corrected chi connectivity index (χ2v) is 5.73. The van der Waals surface area contributed by atoms with Crippen LogP contribution in [0.25, 0.3) is 0 Å². The van der Waals surface area contributed by atoms with Gasteiger partial charge in [0.05, 0.1) is 0 Å². The van der Waals surface area contributed by atoms with Gasteiger partial charge in [0.15, 0.2) is 0 Å². The van der Waals surface area contributed by atoms with Crippen molar-refractivity contribution in [2.45, 2.75) is 23.4 Å². The summed E-state index contributed by atoms with van der Waals surface area (Å²) in [4.78, 5) is 5.67. The quantitative estimate of drug-likeness (QED) is 0.938. The SMILES string of the molecule is Cc1cc(CN)cc(Sc2cccc(Br)c2)n1. The number of nitrogens with zero attached hydrogens (tertiary/aromatic N) is 1. The molecule has 17 heavy (non-hydrogen) atoms. The molecule has 88 valence electrons. The predicted molar refractivity (Wildman–Crippen MR) is 75.1 cm³/mol. The van der Waals surface area contributed by atoms with Crippen LogP contribution in [0.15, 0.2) is 50.8 Å². The minimum absolute atomic E-state index is 0.551. The van der Waals surface area contributed by atoms with Crippen molar-refractivity contribution in [3.05, 3.63) is 52.1 Å². The fraction of sp³-hybridized carbons (Fsp3) is 0.154. The summed E-state index contributed by atoms with van der Waals surface area (Å²) in [6.45, 7) is 2.54. The summed E-state index contributed by atoms with van der Waals surface area (Å²) < 4.78 is 1.08. The lowest BCUT2D eigenvalue weighted by molar-refractivity contribution is 0.987. The molecular weight excluding hydrogens is 296 g/mol. The zero-order valence-corrected chi connectivity index (χ0v) is 11.9. The third-order valence-corrected chi connectivity index (χ3v) is 3.65. The molecule has 1 aromatic carbocycles. The molecule has 0 bridgehead atoms. The first-order valence-corrected chi connectivity index (χ1v) is 6.89. The fourth-order valence-corrected chi connectivity index (χ4v) is 3.05. The van der Waals surface area contributed by atoms with Crippen LogP contribution in [-0.2, 0) is 6.54 Å². The zero-order valence-electron chi connectivity index (χ0n) is 9.48. The van der Waals surface area contributed by atoms with Gasteiger partial charge in [-0.15, -0.1) is 0 Å². The summed E-state index contributed by atoms with van der Waals surface area (Å²) in [5.41, 5.74) is 7.79. The van der Waals surface area contributed by atoms with Gasteiger partial charge in [0.2, 0.25) is 0 Å². The number of hydrogen-bond donors (Lipinski definition) is 1. The van der Waals surface area contributed by atoms with Crippen LogP contribution in [-0.4, -0.2) is 4.98 Å². The van der Waals surface area contributed by atoms with E-state index in [1.165, 1.54) is 4.90 Å². The van der Waals surface area contributed by atoms with Crippen molar-refractivity contribution >= 4 is 27.7 Å². The Bertz CT molecular complexity index is 529. The van der Waals surface area contributed by atoms with E-state index in [1.807, 2.05) is 31.2 Å². The van der Waals surface area contributed by atoms with Crippen molar-refractivity contribution in [2.24, 2.45) is 5.73 Å². The van der Waals surface area contributed by atoms with E-state index in [0.29, 0.717) is 6.54 Å². The maximum absolute atomic E-state index is 5.66. The molecule has 4 heteroatoms. The van der Waals surface area contributed by atoms with Gasteiger partial charge in [0, 0.05) is 21.6 Å². The Morgan fingerprint density at radius 2 is 2.12 bits per heavy atom. The second-order valence-electron chi connectivity index (χ2n) is 3.72. The molecule has 0 saturated carbocycles. The molecule has 0 aliphatic heterocycles. The summed E-state index contributed by atoms with van der Waals surface area (Å²) >= 11 is 5.11. The van der Waals surface area contributed by atoms with Crippen LogP contribution in [0.4, 0.5) is 0 Å². The standard InChI is InChI=1S/C13H13BrN2S/c1-9-5-10(8-15)6-13(16-9)17-12-4-2-3-11(14)7-12/h2-7H,8,15H2,1H3. The van der Waals surface area contributed by atoms with Crippen LogP contribution in [0.3, 0.4) is 0 Å². The number of pyridine rings is 1. The average molecular weight is 309 g/mol. The van der Waals surface area contributed by atoms with Crippen LogP contribution < -0.4 is 5.73 Å². The maximum Gasteiger partial charge on any atom is 0.101 e. The van der Waals surface area contributed by atoms with Gasteiger partial charge in [-0.05, 0) is 42.8 Å². The Balaban J connectivity index is 2.26. The maximum atomic E-state index is 5.66. The number of nitrogens with two attached hydrogens (primary N) is 1. The smallest absolute Gasteiger partial charge is 0.101 e. The summed E-state index contributed by atoms with van der Waals surface area (Å²) in [6, 6.07) is 12.2. The number of hydrogen-bond acceptors (Lipinski definition) is 3. The van der Waals surface area contributed by atoms with Crippen molar-refractivity contribution in [1.82, 2.24) is 4.98 Å². The number of halogens is 1. The van der Waals surface area contributed by atoms with Gasteiger partial charge in [-0.25, -0.2) is 4.98 Å². The molecule has 0 amide bonds. The first-order chi connectivity index (χ1) is 8.17. The molecule has 0 radical (unpaired) electrons.